The van der Waals surface area contributed by atoms with Gasteiger partial charge in [-0.1, -0.05) is 37.3 Å². The van der Waals surface area contributed by atoms with E-state index >= 15 is 0 Å². The summed E-state index contributed by atoms with van der Waals surface area (Å²) < 4.78 is 0. The number of hydrogen-bond donors (Lipinski definition) is 1. The molecule has 3 heteroatoms. The van der Waals surface area contributed by atoms with Gasteiger partial charge in [0.1, 0.15) is 0 Å². The van der Waals surface area contributed by atoms with E-state index in [4.69, 9.17) is 0 Å². The second kappa shape index (κ2) is 4.70. The molecule has 1 saturated heterocycles. The fourth-order valence-electron chi connectivity index (χ4n) is 2.55. The third kappa shape index (κ3) is 2.09. The molecule has 0 saturated carbocycles. The van der Waals surface area contributed by atoms with Gasteiger partial charge in [0.2, 0.25) is 11.8 Å². The van der Waals surface area contributed by atoms with Crippen molar-refractivity contribution in [3.63, 3.8) is 0 Å². The van der Waals surface area contributed by atoms with Crippen molar-refractivity contribution in [3.8, 4) is 0 Å². The van der Waals surface area contributed by atoms with Gasteiger partial charge in [-0.15, -0.1) is 0 Å². The molecule has 0 spiro atoms. The van der Waals surface area contributed by atoms with E-state index in [-0.39, 0.29) is 11.8 Å². The Labute approximate surface area is 101 Å². The molecule has 0 radical (unpaired) electrons. The number of carbonyl (C=O) groups excluding carboxylic acids is 2. The molecular formula is C14H17NO2. The van der Waals surface area contributed by atoms with Crippen molar-refractivity contribution in [2.45, 2.75) is 38.0 Å². The first kappa shape index (κ1) is 11.8. The fraction of sp³-hybridized carbons (Fsp3) is 0.429. The summed E-state index contributed by atoms with van der Waals surface area (Å²) in [5, 5.41) is 2.50. The SMILES string of the molecule is CCC1(c2ccccc2)CCCC(=O)NC1=O. The van der Waals surface area contributed by atoms with Crippen LogP contribution in [0.3, 0.4) is 0 Å². The zero-order chi connectivity index (χ0) is 12.3. The Hall–Kier alpha value is -1.64. The van der Waals surface area contributed by atoms with Crippen LogP contribution >= 0.6 is 0 Å². The summed E-state index contributed by atoms with van der Waals surface area (Å²) in [7, 11) is 0. The Bertz CT molecular complexity index is 427. The van der Waals surface area contributed by atoms with E-state index in [2.05, 4.69) is 5.32 Å². The zero-order valence-corrected chi connectivity index (χ0v) is 10.0. The number of rotatable bonds is 2. The molecule has 0 bridgehead atoms. The van der Waals surface area contributed by atoms with Gasteiger partial charge in [-0.05, 0) is 24.8 Å². The summed E-state index contributed by atoms with van der Waals surface area (Å²) in [6.07, 6.45) is 2.67. The van der Waals surface area contributed by atoms with Gasteiger partial charge in [-0.2, -0.15) is 0 Å². The molecule has 1 unspecified atom stereocenters. The second-order valence-corrected chi connectivity index (χ2v) is 4.53. The molecule has 1 N–H and O–H groups in total. The molecule has 1 aliphatic heterocycles. The monoisotopic (exact) mass is 231 g/mol. The van der Waals surface area contributed by atoms with Crippen molar-refractivity contribution in [3.05, 3.63) is 35.9 Å². The molecule has 1 atom stereocenters. The van der Waals surface area contributed by atoms with Crippen LogP contribution in [0, 0.1) is 0 Å². The lowest BCUT2D eigenvalue weighted by Crippen LogP contribution is -2.44. The highest BCUT2D eigenvalue weighted by Crippen LogP contribution is 2.35. The Morgan fingerprint density at radius 3 is 2.59 bits per heavy atom. The number of benzene rings is 1. The molecule has 1 aromatic rings. The number of nitrogens with one attached hydrogen (secondary N) is 1. The highest BCUT2D eigenvalue weighted by molar-refractivity contribution is 6.01. The molecule has 0 aliphatic carbocycles. The molecule has 1 aliphatic rings. The summed E-state index contributed by atoms with van der Waals surface area (Å²) >= 11 is 0. The van der Waals surface area contributed by atoms with Crippen molar-refractivity contribution in [1.82, 2.24) is 5.32 Å². The minimum Gasteiger partial charge on any atom is -0.296 e. The number of hydrogen-bond acceptors (Lipinski definition) is 2. The van der Waals surface area contributed by atoms with Gasteiger partial charge in [0, 0.05) is 6.42 Å². The van der Waals surface area contributed by atoms with E-state index in [1.807, 2.05) is 37.3 Å². The highest BCUT2D eigenvalue weighted by atomic mass is 16.2. The second-order valence-electron chi connectivity index (χ2n) is 4.53. The predicted octanol–water partition coefficient (Wildman–Crippen LogP) is 2.16. The van der Waals surface area contributed by atoms with Gasteiger partial charge in [-0.25, -0.2) is 0 Å². The van der Waals surface area contributed by atoms with Crippen LogP contribution in [0.25, 0.3) is 0 Å². The van der Waals surface area contributed by atoms with Crippen LogP contribution in [0.5, 0.6) is 0 Å². The maximum Gasteiger partial charge on any atom is 0.237 e. The molecule has 1 heterocycles. The molecule has 0 aromatic heterocycles. The van der Waals surface area contributed by atoms with Crippen molar-refractivity contribution < 1.29 is 9.59 Å². The van der Waals surface area contributed by atoms with E-state index in [0.717, 1.165) is 24.8 Å². The van der Waals surface area contributed by atoms with Crippen LogP contribution in [0.2, 0.25) is 0 Å². The van der Waals surface area contributed by atoms with Gasteiger partial charge in [0.25, 0.3) is 0 Å². The number of carbonyl (C=O) groups is 2. The van der Waals surface area contributed by atoms with Crippen LogP contribution in [0.4, 0.5) is 0 Å². The van der Waals surface area contributed by atoms with Crippen LogP contribution < -0.4 is 5.32 Å². The van der Waals surface area contributed by atoms with Crippen LogP contribution in [-0.2, 0) is 15.0 Å². The molecule has 2 amide bonds. The maximum absolute atomic E-state index is 12.2. The average Bonchev–Trinajstić information content (AvgIpc) is 2.49. The lowest BCUT2D eigenvalue weighted by molar-refractivity contribution is -0.132. The smallest absolute Gasteiger partial charge is 0.237 e. The maximum atomic E-state index is 12.2. The van der Waals surface area contributed by atoms with Gasteiger partial charge >= 0.3 is 0 Å². The summed E-state index contributed by atoms with van der Waals surface area (Å²) in [5.41, 5.74) is 0.475. The molecule has 90 valence electrons. The van der Waals surface area contributed by atoms with Crippen molar-refractivity contribution in [2.75, 3.05) is 0 Å². The molecule has 3 nitrogen and oxygen atoms in total. The Morgan fingerprint density at radius 1 is 1.24 bits per heavy atom. The Balaban J connectivity index is 2.42. The Kier molecular flexibility index (Phi) is 3.27. The van der Waals surface area contributed by atoms with Gasteiger partial charge in [0.15, 0.2) is 0 Å². The summed E-state index contributed by atoms with van der Waals surface area (Å²) in [5.74, 6) is -0.296. The van der Waals surface area contributed by atoms with E-state index in [1.54, 1.807) is 0 Å². The normalized spacial score (nSPS) is 25.2. The average molecular weight is 231 g/mol. The van der Waals surface area contributed by atoms with E-state index in [0.29, 0.717) is 6.42 Å². The fourth-order valence-corrected chi connectivity index (χ4v) is 2.55. The van der Waals surface area contributed by atoms with E-state index < -0.39 is 5.41 Å². The van der Waals surface area contributed by atoms with E-state index in [1.165, 1.54) is 0 Å². The van der Waals surface area contributed by atoms with Crippen LogP contribution in [-0.4, -0.2) is 11.8 Å². The number of amides is 2. The molecule has 1 fully saturated rings. The third-order valence-corrected chi connectivity index (χ3v) is 3.62. The van der Waals surface area contributed by atoms with Gasteiger partial charge in [0.05, 0.1) is 5.41 Å². The van der Waals surface area contributed by atoms with Crippen molar-refractivity contribution in [1.29, 1.82) is 0 Å². The largest absolute Gasteiger partial charge is 0.296 e. The zero-order valence-electron chi connectivity index (χ0n) is 10.0. The number of imide groups is 1. The highest BCUT2D eigenvalue weighted by Gasteiger charge is 2.40. The van der Waals surface area contributed by atoms with E-state index in [9.17, 15) is 9.59 Å². The minimum atomic E-state index is -0.534. The lowest BCUT2D eigenvalue weighted by Gasteiger charge is -2.29. The first-order valence-electron chi connectivity index (χ1n) is 6.09. The molecular weight excluding hydrogens is 214 g/mol. The van der Waals surface area contributed by atoms with Crippen LogP contribution in [0.1, 0.15) is 38.2 Å². The minimum absolute atomic E-state index is 0.145. The third-order valence-electron chi connectivity index (χ3n) is 3.62. The standard InChI is InChI=1S/C14H17NO2/c1-2-14(11-7-4-3-5-8-11)10-6-9-12(16)15-13(14)17/h3-5,7-8H,2,6,9-10H2,1H3,(H,15,16,17). The van der Waals surface area contributed by atoms with Crippen LogP contribution in [0.15, 0.2) is 30.3 Å². The molecule has 2 rings (SSSR count). The topological polar surface area (TPSA) is 46.2 Å². The Morgan fingerprint density at radius 2 is 1.94 bits per heavy atom. The van der Waals surface area contributed by atoms with Gasteiger partial charge in [-0.3, -0.25) is 14.9 Å². The molecule has 1 aromatic carbocycles. The summed E-state index contributed by atoms with van der Waals surface area (Å²) in [6, 6.07) is 9.75. The van der Waals surface area contributed by atoms with Crippen molar-refractivity contribution >= 4 is 11.8 Å². The first-order valence-corrected chi connectivity index (χ1v) is 6.09. The summed E-state index contributed by atoms with van der Waals surface area (Å²) in [4.78, 5) is 23.6. The quantitative estimate of drug-likeness (QED) is 0.793. The van der Waals surface area contributed by atoms with Gasteiger partial charge < -0.3 is 0 Å². The van der Waals surface area contributed by atoms with Crippen molar-refractivity contribution in [2.24, 2.45) is 0 Å². The summed E-state index contributed by atoms with van der Waals surface area (Å²) in [6.45, 7) is 2.00. The first-order chi connectivity index (χ1) is 8.19. The molecule has 17 heavy (non-hydrogen) atoms. The lowest BCUT2D eigenvalue weighted by atomic mass is 9.74. The predicted molar refractivity (Wildman–Crippen MR) is 65.4 cm³/mol.